The van der Waals surface area contributed by atoms with Crippen LogP contribution in [0, 0.1) is 0 Å². The molecule has 2 heterocycles. The zero-order valence-electron chi connectivity index (χ0n) is 17.6. The number of amides is 2. The maximum absolute atomic E-state index is 13.1. The van der Waals surface area contributed by atoms with Crippen molar-refractivity contribution in [1.82, 2.24) is 14.8 Å². The quantitative estimate of drug-likeness (QED) is 0.548. The molecule has 32 heavy (non-hydrogen) atoms. The molecule has 4 rings (SSSR count). The number of aromatic nitrogens is 3. The largest absolute Gasteiger partial charge is 0.484 e. The van der Waals surface area contributed by atoms with Crippen molar-refractivity contribution in [1.29, 1.82) is 0 Å². The van der Waals surface area contributed by atoms with Crippen molar-refractivity contribution in [2.24, 2.45) is 7.05 Å². The second-order valence-electron chi connectivity index (χ2n) is 7.35. The number of nitrogens with zero attached hydrogens (tertiary/aromatic N) is 4. The van der Waals surface area contributed by atoms with Crippen LogP contribution in [0.25, 0.3) is 0 Å². The average molecular weight is 472 g/mol. The summed E-state index contributed by atoms with van der Waals surface area (Å²) in [5.41, 5.74) is 1.33. The zero-order chi connectivity index (χ0) is 22.7. The lowest BCUT2D eigenvalue weighted by Crippen LogP contribution is -2.40. The van der Waals surface area contributed by atoms with Gasteiger partial charge in [0.1, 0.15) is 12.4 Å². The maximum Gasteiger partial charge on any atom is 0.237 e. The van der Waals surface area contributed by atoms with Crippen molar-refractivity contribution in [2.45, 2.75) is 31.1 Å². The Bertz CT molecular complexity index is 1150. The lowest BCUT2D eigenvalue weighted by Gasteiger charge is -2.27. The van der Waals surface area contributed by atoms with Gasteiger partial charge in [-0.2, -0.15) is 0 Å². The number of fused-ring (bicyclic) bond motifs is 1. The lowest BCUT2D eigenvalue weighted by molar-refractivity contribution is -0.117. The average Bonchev–Trinajstić information content (AvgIpc) is 3.05. The van der Waals surface area contributed by atoms with Crippen molar-refractivity contribution in [3.8, 4) is 5.75 Å². The summed E-state index contributed by atoms with van der Waals surface area (Å²) in [5.74, 6) is 1.12. The first-order valence-corrected chi connectivity index (χ1v) is 11.4. The van der Waals surface area contributed by atoms with Gasteiger partial charge in [0.25, 0.3) is 0 Å². The van der Waals surface area contributed by atoms with Crippen molar-refractivity contribution < 1.29 is 14.3 Å². The van der Waals surface area contributed by atoms with E-state index in [1.165, 1.54) is 11.8 Å². The highest BCUT2D eigenvalue weighted by atomic mass is 35.5. The van der Waals surface area contributed by atoms with Crippen LogP contribution in [0.1, 0.15) is 19.2 Å². The molecular weight excluding hydrogens is 450 g/mol. The van der Waals surface area contributed by atoms with Crippen LogP contribution in [0.3, 0.4) is 0 Å². The summed E-state index contributed by atoms with van der Waals surface area (Å²) in [6.07, 6.45) is 0.235. The molecule has 0 saturated heterocycles. The molecule has 0 bridgehead atoms. The highest BCUT2D eigenvalue weighted by molar-refractivity contribution is 7.99. The Morgan fingerprint density at radius 3 is 2.78 bits per heavy atom. The molecule has 2 amide bonds. The van der Waals surface area contributed by atoms with Crippen LogP contribution in [0.15, 0.2) is 53.7 Å². The summed E-state index contributed by atoms with van der Waals surface area (Å²) < 4.78 is 7.53. The summed E-state index contributed by atoms with van der Waals surface area (Å²) in [6, 6.07) is 14.3. The molecule has 1 N–H and O–H groups in total. The molecular formula is C22H22ClN5O3S. The number of carbonyl (C=O) groups is 2. The SMILES string of the molecule is CC1CC(=O)Nc2ccccc2N1C(=O)CSc1nnc(COc2ccccc2Cl)n1C. The van der Waals surface area contributed by atoms with E-state index in [9.17, 15) is 9.59 Å². The third-order valence-electron chi connectivity index (χ3n) is 5.07. The minimum absolute atomic E-state index is 0.107. The molecule has 0 spiro atoms. The second kappa shape index (κ2) is 9.62. The van der Waals surface area contributed by atoms with E-state index in [-0.39, 0.29) is 36.6 Å². The number of para-hydroxylation sites is 3. The number of rotatable bonds is 6. The van der Waals surface area contributed by atoms with E-state index >= 15 is 0 Å². The van der Waals surface area contributed by atoms with Crippen molar-refractivity contribution >= 4 is 46.6 Å². The van der Waals surface area contributed by atoms with Gasteiger partial charge in [-0.1, -0.05) is 47.6 Å². The van der Waals surface area contributed by atoms with Crippen molar-refractivity contribution in [2.75, 3.05) is 16.0 Å². The second-order valence-corrected chi connectivity index (χ2v) is 8.70. The number of halogens is 1. The van der Waals surface area contributed by atoms with E-state index < -0.39 is 0 Å². The van der Waals surface area contributed by atoms with E-state index in [1.807, 2.05) is 44.3 Å². The van der Waals surface area contributed by atoms with Gasteiger partial charge in [0.15, 0.2) is 11.0 Å². The maximum atomic E-state index is 13.1. The monoisotopic (exact) mass is 471 g/mol. The molecule has 10 heteroatoms. The number of ether oxygens (including phenoxy) is 1. The van der Waals surface area contributed by atoms with Crippen LogP contribution in [0.4, 0.5) is 11.4 Å². The molecule has 0 aliphatic carbocycles. The van der Waals surface area contributed by atoms with Gasteiger partial charge >= 0.3 is 0 Å². The zero-order valence-corrected chi connectivity index (χ0v) is 19.2. The molecule has 1 unspecified atom stereocenters. The molecule has 0 radical (unpaired) electrons. The summed E-state index contributed by atoms with van der Waals surface area (Å²) in [6.45, 7) is 2.07. The molecule has 0 saturated carbocycles. The number of thioether (sulfide) groups is 1. The summed E-state index contributed by atoms with van der Waals surface area (Å²) in [5, 5.41) is 12.3. The van der Waals surface area contributed by atoms with Gasteiger partial charge in [0.2, 0.25) is 11.8 Å². The fourth-order valence-electron chi connectivity index (χ4n) is 3.46. The first-order valence-electron chi connectivity index (χ1n) is 10.0. The first-order chi connectivity index (χ1) is 15.4. The normalized spacial score (nSPS) is 15.7. The van der Waals surface area contributed by atoms with E-state index in [2.05, 4.69) is 15.5 Å². The predicted octanol–water partition coefficient (Wildman–Crippen LogP) is 3.90. The number of anilines is 2. The minimum Gasteiger partial charge on any atom is -0.484 e. The van der Waals surface area contributed by atoms with E-state index in [0.717, 1.165) is 0 Å². The molecule has 3 aromatic rings. The Balaban J connectivity index is 1.43. The van der Waals surface area contributed by atoms with Crippen molar-refractivity contribution in [3.63, 3.8) is 0 Å². The van der Waals surface area contributed by atoms with Gasteiger partial charge in [0.05, 0.1) is 22.2 Å². The smallest absolute Gasteiger partial charge is 0.237 e. The van der Waals surface area contributed by atoms with Gasteiger partial charge in [-0.25, -0.2) is 0 Å². The van der Waals surface area contributed by atoms with Crippen LogP contribution < -0.4 is 15.0 Å². The summed E-state index contributed by atoms with van der Waals surface area (Å²) >= 11 is 7.41. The van der Waals surface area contributed by atoms with E-state index in [1.54, 1.807) is 27.7 Å². The van der Waals surface area contributed by atoms with Crippen molar-refractivity contribution in [3.05, 3.63) is 59.4 Å². The van der Waals surface area contributed by atoms with Gasteiger partial charge in [-0.05, 0) is 31.2 Å². The molecule has 8 nitrogen and oxygen atoms in total. The number of benzene rings is 2. The molecule has 1 atom stereocenters. The van der Waals surface area contributed by atoms with E-state index in [4.69, 9.17) is 16.3 Å². The first kappa shape index (κ1) is 22.2. The Hall–Kier alpha value is -3.04. The summed E-state index contributed by atoms with van der Waals surface area (Å²) in [7, 11) is 1.82. The van der Waals surface area contributed by atoms with Gasteiger partial charge < -0.3 is 19.5 Å². The van der Waals surface area contributed by atoms with Gasteiger partial charge in [0, 0.05) is 19.5 Å². The molecule has 1 aromatic heterocycles. The molecule has 166 valence electrons. The van der Waals surface area contributed by atoms with Gasteiger partial charge in [-0.15, -0.1) is 10.2 Å². The third-order valence-corrected chi connectivity index (χ3v) is 6.39. The number of hydrogen-bond acceptors (Lipinski definition) is 6. The topological polar surface area (TPSA) is 89.3 Å². The fraction of sp³-hybridized carbons (Fsp3) is 0.273. The number of hydrogen-bond donors (Lipinski definition) is 1. The Morgan fingerprint density at radius 1 is 1.22 bits per heavy atom. The Labute approximate surface area is 194 Å². The van der Waals surface area contributed by atoms with Crippen LogP contribution in [0.5, 0.6) is 5.75 Å². The highest BCUT2D eigenvalue weighted by Crippen LogP contribution is 2.32. The van der Waals surface area contributed by atoms with Crippen LogP contribution in [-0.4, -0.2) is 38.4 Å². The number of carbonyl (C=O) groups excluding carboxylic acids is 2. The van der Waals surface area contributed by atoms with E-state index in [0.29, 0.717) is 33.1 Å². The van der Waals surface area contributed by atoms with Crippen LogP contribution >= 0.6 is 23.4 Å². The fourth-order valence-corrected chi connectivity index (χ4v) is 4.44. The molecule has 1 aliphatic heterocycles. The Morgan fingerprint density at radius 2 is 1.97 bits per heavy atom. The number of nitrogens with one attached hydrogen (secondary N) is 1. The van der Waals surface area contributed by atoms with Gasteiger partial charge in [-0.3, -0.25) is 9.59 Å². The highest BCUT2D eigenvalue weighted by Gasteiger charge is 2.29. The minimum atomic E-state index is -0.258. The third kappa shape index (κ3) is 4.73. The standard InChI is InChI=1S/C22H22ClN5O3S/c1-14-11-20(29)24-16-8-4-5-9-17(16)28(14)21(30)13-32-22-26-25-19(27(22)2)12-31-18-10-6-3-7-15(18)23/h3-10,14H,11-13H2,1-2H3,(H,24,29). The molecule has 2 aromatic carbocycles. The Kier molecular flexibility index (Phi) is 6.66. The van der Waals surface area contributed by atoms with Crippen LogP contribution in [-0.2, 0) is 23.2 Å². The van der Waals surface area contributed by atoms with Crippen LogP contribution in [0.2, 0.25) is 5.02 Å². The summed E-state index contributed by atoms with van der Waals surface area (Å²) in [4.78, 5) is 27.0. The molecule has 0 fully saturated rings. The predicted molar refractivity (Wildman–Crippen MR) is 124 cm³/mol. The lowest BCUT2D eigenvalue weighted by atomic mass is 10.2. The molecule has 1 aliphatic rings.